The fraction of sp³-hybridized carbons (Fsp3) is 1.00. The Morgan fingerprint density at radius 1 is 1.06 bits per heavy atom. The van der Waals surface area contributed by atoms with Crippen LogP contribution in [0.4, 0.5) is 0 Å². The lowest BCUT2D eigenvalue weighted by atomic mass is 10.1. The number of rotatable bonds is 2. The summed E-state index contributed by atoms with van der Waals surface area (Å²) in [4.78, 5) is 0. The van der Waals surface area contributed by atoms with Crippen LogP contribution in [-0.2, 0) is 10.2 Å². The van der Waals surface area contributed by atoms with E-state index >= 15 is 0 Å². The Morgan fingerprint density at radius 3 is 2.29 bits per heavy atom. The third-order valence-corrected chi connectivity index (χ3v) is 6.34. The molecule has 0 aromatic heterocycles. The van der Waals surface area contributed by atoms with Gasteiger partial charge in [0, 0.05) is 31.1 Å². The Balaban J connectivity index is 2.07. The first-order valence-corrected chi connectivity index (χ1v) is 8.26. The standard InChI is InChI=1S/C11H21ClN2O2S/c1-10-4-2-3-7-14(10)17(15,16)13-8-5-11(12)6-9-13/h10-11H,2-9H2,1H3. The first kappa shape index (κ1) is 13.6. The molecule has 2 aliphatic heterocycles. The molecule has 4 nitrogen and oxygen atoms in total. The molecule has 2 aliphatic rings. The molecule has 100 valence electrons. The van der Waals surface area contributed by atoms with Crippen molar-refractivity contribution in [3.8, 4) is 0 Å². The Bertz CT molecular complexity index is 352. The molecule has 1 atom stereocenters. The van der Waals surface area contributed by atoms with E-state index in [-0.39, 0.29) is 11.4 Å². The molecular formula is C11H21ClN2O2S. The Labute approximate surface area is 109 Å². The van der Waals surface area contributed by atoms with Crippen molar-refractivity contribution in [3.05, 3.63) is 0 Å². The van der Waals surface area contributed by atoms with Gasteiger partial charge in [-0.15, -0.1) is 11.6 Å². The van der Waals surface area contributed by atoms with Crippen LogP contribution in [0, 0.1) is 0 Å². The van der Waals surface area contributed by atoms with E-state index in [2.05, 4.69) is 0 Å². The van der Waals surface area contributed by atoms with Crippen LogP contribution in [0.25, 0.3) is 0 Å². The quantitative estimate of drug-likeness (QED) is 0.724. The summed E-state index contributed by atoms with van der Waals surface area (Å²) in [6.45, 7) is 3.81. The second kappa shape index (κ2) is 5.43. The number of halogens is 1. The van der Waals surface area contributed by atoms with Crippen LogP contribution in [0.3, 0.4) is 0 Å². The lowest BCUT2D eigenvalue weighted by Crippen LogP contribution is -2.51. The van der Waals surface area contributed by atoms with E-state index in [0.29, 0.717) is 19.6 Å². The van der Waals surface area contributed by atoms with Crippen molar-refractivity contribution in [1.82, 2.24) is 8.61 Å². The van der Waals surface area contributed by atoms with Gasteiger partial charge < -0.3 is 0 Å². The summed E-state index contributed by atoms with van der Waals surface area (Å²) in [5.74, 6) is 0. The lowest BCUT2D eigenvalue weighted by molar-refractivity contribution is 0.236. The largest absolute Gasteiger partial charge is 0.282 e. The highest BCUT2D eigenvalue weighted by Crippen LogP contribution is 2.25. The smallest absolute Gasteiger partial charge is 0.195 e. The molecule has 1 unspecified atom stereocenters. The van der Waals surface area contributed by atoms with Gasteiger partial charge in [0.1, 0.15) is 0 Å². The molecule has 2 rings (SSSR count). The first-order chi connectivity index (χ1) is 8.01. The average molecular weight is 281 g/mol. The summed E-state index contributed by atoms with van der Waals surface area (Å²) in [5.41, 5.74) is 0. The van der Waals surface area contributed by atoms with Gasteiger partial charge in [-0.25, -0.2) is 0 Å². The highest BCUT2D eigenvalue weighted by atomic mass is 35.5. The highest BCUT2D eigenvalue weighted by Gasteiger charge is 2.35. The summed E-state index contributed by atoms with van der Waals surface area (Å²) in [6.07, 6.45) is 4.63. The summed E-state index contributed by atoms with van der Waals surface area (Å²) < 4.78 is 28.2. The SMILES string of the molecule is CC1CCCCN1S(=O)(=O)N1CCC(Cl)CC1. The van der Waals surface area contributed by atoms with Gasteiger partial charge in [0.25, 0.3) is 10.2 Å². The maximum atomic E-state index is 12.5. The van der Waals surface area contributed by atoms with Crippen LogP contribution in [0.1, 0.15) is 39.0 Å². The Morgan fingerprint density at radius 2 is 1.71 bits per heavy atom. The lowest BCUT2D eigenvalue weighted by Gasteiger charge is -2.38. The maximum absolute atomic E-state index is 12.5. The van der Waals surface area contributed by atoms with E-state index in [1.807, 2.05) is 6.92 Å². The third-order valence-electron chi connectivity index (χ3n) is 3.75. The second-order valence-electron chi connectivity index (χ2n) is 5.04. The zero-order valence-corrected chi connectivity index (χ0v) is 11.9. The molecule has 2 fully saturated rings. The normalized spacial score (nSPS) is 30.6. The molecule has 2 heterocycles. The minimum Gasteiger partial charge on any atom is -0.195 e. The fourth-order valence-electron chi connectivity index (χ4n) is 2.62. The van der Waals surface area contributed by atoms with Crippen molar-refractivity contribution >= 4 is 21.8 Å². The molecule has 0 aromatic rings. The molecule has 0 bridgehead atoms. The van der Waals surface area contributed by atoms with Gasteiger partial charge >= 0.3 is 0 Å². The third kappa shape index (κ3) is 2.95. The fourth-order valence-corrected chi connectivity index (χ4v) is 4.70. The van der Waals surface area contributed by atoms with Crippen molar-refractivity contribution in [2.45, 2.75) is 50.4 Å². The van der Waals surface area contributed by atoms with E-state index in [4.69, 9.17) is 11.6 Å². The molecule has 6 heteroatoms. The number of piperidine rings is 2. The minimum absolute atomic E-state index is 0.139. The van der Waals surface area contributed by atoms with Gasteiger partial charge in [0.2, 0.25) is 0 Å². The predicted molar refractivity (Wildman–Crippen MR) is 69.4 cm³/mol. The molecule has 0 saturated carbocycles. The van der Waals surface area contributed by atoms with Gasteiger partial charge in [-0.1, -0.05) is 6.42 Å². The van der Waals surface area contributed by atoms with Gasteiger partial charge in [0.15, 0.2) is 0 Å². The minimum atomic E-state index is -3.25. The van der Waals surface area contributed by atoms with E-state index < -0.39 is 10.2 Å². The molecule has 0 radical (unpaired) electrons. The van der Waals surface area contributed by atoms with Crippen molar-refractivity contribution < 1.29 is 8.42 Å². The van der Waals surface area contributed by atoms with E-state index in [1.54, 1.807) is 8.61 Å². The molecule has 0 aliphatic carbocycles. The van der Waals surface area contributed by atoms with E-state index in [9.17, 15) is 8.42 Å². The Kier molecular flexibility index (Phi) is 4.34. The molecule has 2 saturated heterocycles. The predicted octanol–water partition coefficient (Wildman–Crippen LogP) is 1.81. The Hall–Kier alpha value is 0.160. The second-order valence-corrected chi connectivity index (χ2v) is 7.54. The van der Waals surface area contributed by atoms with Crippen LogP contribution >= 0.6 is 11.6 Å². The summed E-state index contributed by atoms with van der Waals surface area (Å²) in [7, 11) is -3.25. The van der Waals surface area contributed by atoms with E-state index in [0.717, 1.165) is 32.1 Å². The van der Waals surface area contributed by atoms with Crippen molar-refractivity contribution in [2.24, 2.45) is 0 Å². The average Bonchev–Trinajstić information content (AvgIpc) is 2.30. The highest BCUT2D eigenvalue weighted by molar-refractivity contribution is 7.86. The first-order valence-electron chi connectivity index (χ1n) is 6.43. The number of alkyl halides is 1. The van der Waals surface area contributed by atoms with Crippen LogP contribution < -0.4 is 0 Å². The van der Waals surface area contributed by atoms with Gasteiger partial charge in [-0.05, 0) is 32.6 Å². The van der Waals surface area contributed by atoms with Crippen LogP contribution in [0.5, 0.6) is 0 Å². The molecule has 0 aromatic carbocycles. The zero-order valence-electron chi connectivity index (χ0n) is 10.3. The van der Waals surface area contributed by atoms with Crippen LogP contribution in [-0.4, -0.2) is 48.1 Å². The molecule has 0 spiro atoms. The van der Waals surface area contributed by atoms with Crippen molar-refractivity contribution in [1.29, 1.82) is 0 Å². The monoisotopic (exact) mass is 280 g/mol. The van der Waals surface area contributed by atoms with Crippen molar-refractivity contribution in [3.63, 3.8) is 0 Å². The van der Waals surface area contributed by atoms with E-state index in [1.165, 1.54) is 0 Å². The van der Waals surface area contributed by atoms with Crippen LogP contribution in [0.15, 0.2) is 0 Å². The van der Waals surface area contributed by atoms with Gasteiger partial charge in [-0.2, -0.15) is 17.0 Å². The summed E-state index contributed by atoms with van der Waals surface area (Å²) in [5, 5.41) is 0.139. The maximum Gasteiger partial charge on any atom is 0.282 e. The van der Waals surface area contributed by atoms with Crippen molar-refractivity contribution in [2.75, 3.05) is 19.6 Å². The topological polar surface area (TPSA) is 40.6 Å². The summed E-state index contributed by atoms with van der Waals surface area (Å²) in [6, 6.07) is 0.141. The number of nitrogens with zero attached hydrogens (tertiary/aromatic N) is 2. The zero-order chi connectivity index (χ0) is 12.5. The molecule has 17 heavy (non-hydrogen) atoms. The number of hydrogen-bond acceptors (Lipinski definition) is 2. The van der Waals surface area contributed by atoms with Crippen LogP contribution in [0.2, 0.25) is 0 Å². The summed E-state index contributed by atoms with van der Waals surface area (Å²) >= 11 is 6.01. The molecular weight excluding hydrogens is 260 g/mol. The molecule has 0 N–H and O–H groups in total. The van der Waals surface area contributed by atoms with Gasteiger partial charge in [-0.3, -0.25) is 0 Å². The number of hydrogen-bond donors (Lipinski definition) is 0. The van der Waals surface area contributed by atoms with Gasteiger partial charge in [0.05, 0.1) is 0 Å². The molecule has 0 amide bonds.